The summed E-state index contributed by atoms with van der Waals surface area (Å²) in [5.74, 6) is -1.19. The van der Waals surface area contributed by atoms with Gasteiger partial charge in [-0.05, 0) is 31.5 Å². The van der Waals surface area contributed by atoms with Gasteiger partial charge in [-0.15, -0.1) is 0 Å². The first-order chi connectivity index (χ1) is 9.73. The molecule has 1 N–H and O–H groups in total. The molecule has 0 aliphatic carbocycles. The molecule has 0 bridgehead atoms. The highest BCUT2D eigenvalue weighted by molar-refractivity contribution is 7.89. The summed E-state index contributed by atoms with van der Waals surface area (Å²) in [5, 5.41) is 2.55. The number of benzene rings is 1. The van der Waals surface area contributed by atoms with Gasteiger partial charge in [0, 0.05) is 12.8 Å². The zero-order valence-corrected chi connectivity index (χ0v) is 13.1. The first-order valence-electron chi connectivity index (χ1n) is 6.48. The number of carbonyl (C=O) groups is 2. The van der Waals surface area contributed by atoms with Crippen molar-refractivity contribution in [1.82, 2.24) is 5.32 Å². The third kappa shape index (κ3) is 5.95. The molecule has 21 heavy (non-hydrogen) atoms. The minimum atomic E-state index is -3.18. The molecule has 6 nitrogen and oxygen atoms in total. The van der Waals surface area contributed by atoms with Gasteiger partial charge in [0.15, 0.2) is 15.9 Å². The summed E-state index contributed by atoms with van der Waals surface area (Å²) < 4.78 is 27.5. The Hall–Kier alpha value is -1.89. The average Bonchev–Trinajstić information content (AvgIpc) is 2.37. The van der Waals surface area contributed by atoms with E-state index in [0.29, 0.717) is 12.1 Å². The Bertz CT molecular complexity index is 624. The van der Waals surface area contributed by atoms with Gasteiger partial charge in [-0.1, -0.05) is 12.1 Å². The number of hydrogen-bond acceptors (Lipinski definition) is 5. The van der Waals surface area contributed by atoms with E-state index in [-0.39, 0.29) is 17.2 Å². The van der Waals surface area contributed by atoms with Crippen LogP contribution < -0.4 is 5.32 Å². The lowest BCUT2D eigenvalue weighted by Gasteiger charge is -2.13. The molecule has 0 fully saturated rings. The van der Waals surface area contributed by atoms with Crippen molar-refractivity contribution in [3.05, 3.63) is 35.4 Å². The number of esters is 1. The first-order valence-corrected chi connectivity index (χ1v) is 8.54. The summed E-state index contributed by atoms with van der Waals surface area (Å²) in [4.78, 5) is 23.4. The zero-order valence-electron chi connectivity index (χ0n) is 12.3. The van der Waals surface area contributed by atoms with Crippen LogP contribution >= 0.6 is 0 Å². The largest absolute Gasteiger partial charge is 0.449 e. The van der Waals surface area contributed by atoms with Crippen molar-refractivity contribution in [3.8, 4) is 0 Å². The topological polar surface area (TPSA) is 89.5 Å². The SMILES string of the molecule is CCNC(=O)[C@@H](C)OC(=O)c1cccc(CS(C)(=O)=O)c1. The van der Waals surface area contributed by atoms with Crippen molar-refractivity contribution in [3.63, 3.8) is 0 Å². The van der Waals surface area contributed by atoms with Crippen LogP contribution in [0.5, 0.6) is 0 Å². The molecule has 1 amide bonds. The van der Waals surface area contributed by atoms with Crippen LogP contribution in [0.15, 0.2) is 24.3 Å². The standard InChI is InChI=1S/C14H19NO5S/c1-4-15-13(16)10(2)20-14(17)12-7-5-6-11(8-12)9-21(3,18)19/h5-8,10H,4,9H2,1-3H3,(H,15,16)/t10-/m1/s1. The molecule has 1 aromatic rings. The van der Waals surface area contributed by atoms with E-state index in [1.54, 1.807) is 19.1 Å². The maximum absolute atomic E-state index is 11.9. The van der Waals surface area contributed by atoms with E-state index in [1.807, 2.05) is 0 Å². The van der Waals surface area contributed by atoms with Gasteiger partial charge in [0.2, 0.25) is 0 Å². The van der Waals surface area contributed by atoms with Crippen molar-refractivity contribution >= 4 is 21.7 Å². The van der Waals surface area contributed by atoms with Crippen molar-refractivity contribution in [2.45, 2.75) is 25.7 Å². The first kappa shape index (κ1) is 17.2. The molecule has 0 saturated heterocycles. The van der Waals surface area contributed by atoms with Crippen LogP contribution in [0.1, 0.15) is 29.8 Å². The second-order valence-electron chi connectivity index (χ2n) is 4.71. The number of hydrogen-bond donors (Lipinski definition) is 1. The Morgan fingerprint density at radius 3 is 2.57 bits per heavy atom. The number of carbonyl (C=O) groups excluding carboxylic acids is 2. The monoisotopic (exact) mass is 313 g/mol. The molecule has 0 heterocycles. The van der Waals surface area contributed by atoms with E-state index in [2.05, 4.69) is 5.32 Å². The van der Waals surface area contributed by atoms with Gasteiger partial charge < -0.3 is 10.1 Å². The van der Waals surface area contributed by atoms with Gasteiger partial charge in [0.1, 0.15) is 0 Å². The third-order valence-corrected chi connectivity index (χ3v) is 3.45. The molecule has 0 unspecified atom stereocenters. The summed E-state index contributed by atoms with van der Waals surface area (Å²) >= 11 is 0. The van der Waals surface area contributed by atoms with Gasteiger partial charge in [-0.25, -0.2) is 13.2 Å². The van der Waals surface area contributed by atoms with Crippen LogP contribution in [0.2, 0.25) is 0 Å². The second-order valence-corrected chi connectivity index (χ2v) is 6.85. The normalized spacial score (nSPS) is 12.5. The molecule has 1 aromatic carbocycles. The summed E-state index contributed by atoms with van der Waals surface area (Å²) in [7, 11) is -3.18. The van der Waals surface area contributed by atoms with Crippen LogP contribution in [0.25, 0.3) is 0 Å². The summed E-state index contributed by atoms with van der Waals surface area (Å²) in [5.41, 5.74) is 0.713. The minimum absolute atomic E-state index is 0.153. The predicted molar refractivity (Wildman–Crippen MR) is 78.6 cm³/mol. The molecule has 0 aliphatic heterocycles. The van der Waals surface area contributed by atoms with Crippen molar-refractivity contribution in [2.75, 3.05) is 12.8 Å². The molecule has 0 aliphatic rings. The lowest BCUT2D eigenvalue weighted by Crippen LogP contribution is -2.35. The van der Waals surface area contributed by atoms with Crippen LogP contribution in [0.3, 0.4) is 0 Å². The third-order valence-electron chi connectivity index (χ3n) is 2.60. The number of sulfone groups is 1. The van der Waals surface area contributed by atoms with E-state index >= 15 is 0 Å². The fraction of sp³-hybridized carbons (Fsp3) is 0.429. The average molecular weight is 313 g/mol. The highest BCUT2D eigenvalue weighted by Gasteiger charge is 2.18. The van der Waals surface area contributed by atoms with E-state index in [9.17, 15) is 18.0 Å². The molecule has 7 heteroatoms. The zero-order chi connectivity index (χ0) is 16.0. The molecule has 0 radical (unpaired) electrons. The van der Waals surface area contributed by atoms with Gasteiger partial charge in [-0.2, -0.15) is 0 Å². The maximum Gasteiger partial charge on any atom is 0.338 e. The van der Waals surface area contributed by atoms with Crippen molar-refractivity contribution in [2.24, 2.45) is 0 Å². The lowest BCUT2D eigenvalue weighted by molar-refractivity contribution is -0.128. The number of nitrogens with one attached hydrogen (secondary N) is 1. The second kappa shape index (κ2) is 7.21. The van der Waals surface area contributed by atoms with Gasteiger partial charge in [0.25, 0.3) is 5.91 Å². The lowest BCUT2D eigenvalue weighted by atomic mass is 10.1. The fourth-order valence-corrected chi connectivity index (χ4v) is 2.48. The summed E-state index contributed by atoms with van der Waals surface area (Å²) in [6, 6.07) is 6.16. The number of amides is 1. The van der Waals surface area contributed by atoms with E-state index in [1.165, 1.54) is 19.1 Å². The van der Waals surface area contributed by atoms with Crippen molar-refractivity contribution in [1.29, 1.82) is 0 Å². The minimum Gasteiger partial charge on any atom is -0.449 e. The smallest absolute Gasteiger partial charge is 0.338 e. The Morgan fingerprint density at radius 1 is 1.33 bits per heavy atom. The van der Waals surface area contributed by atoms with E-state index < -0.39 is 21.9 Å². The Balaban J connectivity index is 2.79. The Morgan fingerprint density at radius 2 is 2.00 bits per heavy atom. The summed E-state index contributed by atoms with van der Waals surface area (Å²) in [6.07, 6.45) is 0.214. The van der Waals surface area contributed by atoms with Gasteiger partial charge in [-0.3, -0.25) is 4.79 Å². The fourth-order valence-electron chi connectivity index (χ4n) is 1.69. The molecule has 1 rings (SSSR count). The molecular weight excluding hydrogens is 294 g/mol. The highest BCUT2D eigenvalue weighted by atomic mass is 32.2. The number of ether oxygens (including phenoxy) is 1. The highest BCUT2D eigenvalue weighted by Crippen LogP contribution is 2.11. The van der Waals surface area contributed by atoms with Crippen LogP contribution in [0.4, 0.5) is 0 Å². The molecule has 0 saturated carbocycles. The van der Waals surface area contributed by atoms with Crippen LogP contribution in [0, 0.1) is 0 Å². The van der Waals surface area contributed by atoms with Crippen LogP contribution in [-0.2, 0) is 25.1 Å². The van der Waals surface area contributed by atoms with E-state index in [4.69, 9.17) is 4.74 Å². The quantitative estimate of drug-likeness (QED) is 0.789. The maximum atomic E-state index is 11.9. The van der Waals surface area contributed by atoms with E-state index in [0.717, 1.165) is 6.26 Å². The Kier molecular flexibility index (Phi) is 5.90. The molecule has 0 aromatic heterocycles. The molecule has 1 atom stereocenters. The predicted octanol–water partition coefficient (Wildman–Crippen LogP) is 0.913. The molecule has 0 spiro atoms. The van der Waals surface area contributed by atoms with Gasteiger partial charge in [0.05, 0.1) is 11.3 Å². The molecular formula is C14H19NO5S. The Labute approximate surface area is 124 Å². The van der Waals surface area contributed by atoms with Crippen molar-refractivity contribution < 1.29 is 22.7 Å². The van der Waals surface area contributed by atoms with Crippen LogP contribution in [-0.4, -0.2) is 39.2 Å². The number of likely N-dealkylation sites (N-methyl/N-ethyl adjacent to an activating group) is 1. The summed E-state index contributed by atoms with van der Waals surface area (Å²) in [6.45, 7) is 3.69. The molecule has 116 valence electrons. The van der Waals surface area contributed by atoms with Gasteiger partial charge >= 0.3 is 5.97 Å². The number of rotatable bonds is 6.